The number of ether oxygens (including phenoxy) is 1. The Bertz CT molecular complexity index is 180. The van der Waals surface area contributed by atoms with Crippen molar-refractivity contribution in [3.8, 4) is 0 Å². The molecule has 2 aliphatic heterocycles. The highest BCUT2D eigenvalue weighted by molar-refractivity contribution is 4.99. The Labute approximate surface area is 79.5 Å². The van der Waals surface area contributed by atoms with Crippen LogP contribution in [0, 0.1) is 0 Å². The standard InChI is InChI=1S/C10H19NO2/c1-2-8-6-10(12,7-13-8)9-4-3-5-11-9/h8-9,11-12H,2-7H2,1H3. The van der Waals surface area contributed by atoms with Crippen LogP contribution >= 0.6 is 0 Å². The van der Waals surface area contributed by atoms with Crippen LogP contribution in [0.5, 0.6) is 0 Å². The van der Waals surface area contributed by atoms with Crippen molar-refractivity contribution < 1.29 is 9.84 Å². The van der Waals surface area contributed by atoms with Gasteiger partial charge in [-0.3, -0.25) is 0 Å². The quantitative estimate of drug-likeness (QED) is 0.664. The number of nitrogens with one attached hydrogen (secondary N) is 1. The lowest BCUT2D eigenvalue weighted by Crippen LogP contribution is -2.48. The molecule has 3 unspecified atom stereocenters. The normalized spacial score (nSPS) is 45.7. The van der Waals surface area contributed by atoms with E-state index in [1.807, 2.05) is 0 Å². The van der Waals surface area contributed by atoms with Gasteiger partial charge in [0.1, 0.15) is 5.60 Å². The van der Waals surface area contributed by atoms with Crippen molar-refractivity contribution in [1.29, 1.82) is 0 Å². The fourth-order valence-electron chi connectivity index (χ4n) is 2.42. The van der Waals surface area contributed by atoms with Crippen LogP contribution in [0.2, 0.25) is 0 Å². The second-order valence-electron chi connectivity index (χ2n) is 4.30. The van der Waals surface area contributed by atoms with Crippen molar-refractivity contribution in [2.45, 2.75) is 50.4 Å². The van der Waals surface area contributed by atoms with Crippen molar-refractivity contribution in [3.63, 3.8) is 0 Å². The minimum atomic E-state index is -0.586. The second kappa shape index (κ2) is 3.56. The molecule has 13 heavy (non-hydrogen) atoms. The number of hydrogen-bond acceptors (Lipinski definition) is 3. The average molecular weight is 185 g/mol. The summed E-state index contributed by atoms with van der Waals surface area (Å²) in [6.07, 6.45) is 4.36. The zero-order valence-electron chi connectivity index (χ0n) is 8.25. The van der Waals surface area contributed by atoms with Crippen molar-refractivity contribution in [2.24, 2.45) is 0 Å². The maximum Gasteiger partial charge on any atom is 0.106 e. The van der Waals surface area contributed by atoms with Gasteiger partial charge in [-0.2, -0.15) is 0 Å². The second-order valence-corrected chi connectivity index (χ2v) is 4.30. The van der Waals surface area contributed by atoms with Crippen LogP contribution in [0.25, 0.3) is 0 Å². The van der Waals surface area contributed by atoms with Crippen LogP contribution in [0.4, 0.5) is 0 Å². The van der Waals surface area contributed by atoms with Crippen molar-refractivity contribution in [1.82, 2.24) is 5.32 Å². The van der Waals surface area contributed by atoms with E-state index in [0.717, 1.165) is 25.8 Å². The fraction of sp³-hybridized carbons (Fsp3) is 1.00. The monoisotopic (exact) mass is 185 g/mol. The van der Waals surface area contributed by atoms with E-state index >= 15 is 0 Å². The van der Waals surface area contributed by atoms with Gasteiger partial charge < -0.3 is 15.2 Å². The SMILES string of the molecule is CCC1CC(O)(C2CCCN2)CO1. The van der Waals surface area contributed by atoms with E-state index in [0.29, 0.717) is 6.61 Å². The molecule has 3 heteroatoms. The van der Waals surface area contributed by atoms with Gasteiger partial charge in [-0.15, -0.1) is 0 Å². The number of rotatable bonds is 2. The molecule has 3 atom stereocenters. The molecule has 0 spiro atoms. The van der Waals surface area contributed by atoms with E-state index in [1.165, 1.54) is 6.42 Å². The van der Waals surface area contributed by atoms with Gasteiger partial charge in [-0.1, -0.05) is 6.92 Å². The molecule has 76 valence electrons. The summed E-state index contributed by atoms with van der Waals surface area (Å²) in [6.45, 7) is 3.67. The first-order chi connectivity index (χ1) is 6.24. The zero-order chi connectivity index (χ0) is 9.31. The number of aliphatic hydroxyl groups is 1. The van der Waals surface area contributed by atoms with Crippen molar-refractivity contribution >= 4 is 0 Å². The van der Waals surface area contributed by atoms with Gasteiger partial charge in [0.05, 0.1) is 12.7 Å². The lowest BCUT2D eigenvalue weighted by atomic mass is 9.90. The smallest absolute Gasteiger partial charge is 0.106 e. The van der Waals surface area contributed by atoms with E-state index in [-0.39, 0.29) is 12.1 Å². The number of hydrogen-bond donors (Lipinski definition) is 2. The van der Waals surface area contributed by atoms with E-state index in [1.54, 1.807) is 0 Å². The molecule has 0 aromatic heterocycles. The average Bonchev–Trinajstić information content (AvgIpc) is 2.72. The summed E-state index contributed by atoms with van der Waals surface area (Å²) in [5.41, 5.74) is -0.586. The highest BCUT2D eigenvalue weighted by Gasteiger charge is 2.44. The molecular formula is C10H19NO2. The van der Waals surface area contributed by atoms with Gasteiger partial charge in [0.25, 0.3) is 0 Å². The molecule has 0 aromatic rings. The van der Waals surface area contributed by atoms with E-state index in [2.05, 4.69) is 12.2 Å². The van der Waals surface area contributed by atoms with Crippen LogP contribution in [0.1, 0.15) is 32.6 Å². The molecule has 0 bridgehead atoms. The predicted molar refractivity (Wildman–Crippen MR) is 50.6 cm³/mol. The molecule has 3 nitrogen and oxygen atoms in total. The lowest BCUT2D eigenvalue weighted by molar-refractivity contribution is -0.00414. The molecule has 2 fully saturated rings. The summed E-state index contributed by atoms with van der Waals surface area (Å²) in [7, 11) is 0. The van der Waals surface area contributed by atoms with Gasteiger partial charge in [0, 0.05) is 12.5 Å². The van der Waals surface area contributed by atoms with Crippen LogP contribution in [-0.2, 0) is 4.74 Å². The summed E-state index contributed by atoms with van der Waals surface area (Å²) < 4.78 is 5.54. The highest BCUT2D eigenvalue weighted by atomic mass is 16.5. The Morgan fingerprint density at radius 1 is 1.62 bits per heavy atom. The third-order valence-electron chi connectivity index (χ3n) is 3.31. The first kappa shape index (κ1) is 9.44. The third-order valence-corrected chi connectivity index (χ3v) is 3.31. The highest BCUT2D eigenvalue weighted by Crippen LogP contribution is 2.32. The first-order valence-electron chi connectivity index (χ1n) is 5.32. The van der Waals surface area contributed by atoms with Crippen molar-refractivity contribution in [2.75, 3.05) is 13.2 Å². The maximum atomic E-state index is 10.3. The summed E-state index contributed by atoms with van der Waals surface area (Å²) in [4.78, 5) is 0. The van der Waals surface area contributed by atoms with Crippen LogP contribution in [0.15, 0.2) is 0 Å². The molecule has 2 rings (SSSR count). The van der Waals surface area contributed by atoms with Gasteiger partial charge in [-0.25, -0.2) is 0 Å². The Morgan fingerprint density at radius 2 is 2.46 bits per heavy atom. The largest absolute Gasteiger partial charge is 0.386 e. The van der Waals surface area contributed by atoms with Crippen molar-refractivity contribution in [3.05, 3.63) is 0 Å². The Kier molecular flexibility index (Phi) is 2.58. The topological polar surface area (TPSA) is 41.5 Å². The molecule has 0 aliphatic carbocycles. The van der Waals surface area contributed by atoms with E-state index in [9.17, 15) is 5.11 Å². The van der Waals surface area contributed by atoms with Crippen LogP contribution < -0.4 is 5.32 Å². The van der Waals surface area contributed by atoms with Gasteiger partial charge >= 0.3 is 0 Å². The first-order valence-corrected chi connectivity index (χ1v) is 5.32. The molecule has 0 radical (unpaired) electrons. The molecule has 2 heterocycles. The minimum absolute atomic E-state index is 0.268. The van der Waals surface area contributed by atoms with Gasteiger partial charge in [0.15, 0.2) is 0 Å². The third kappa shape index (κ3) is 1.73. The molecule has 0 aromatic carbocycles. The fourth-order valence-corrected chi connectivity index (χ4v) is 2.42. The summed E-state index contributed by atoms with van der Waals surface area (Å²) in [5, 5.41) is 13.7. The molecular weight excluding hydrogens is 166 g/mol. The molecule has 2 aliphatic rings. The summed E-state index contributed by atoms with van der Waals surface area (Å²) in [5.74, 6) is 0. The summed E-state index contributed by atoms with van der Waals surface area (Å²) in [6, 6.07) is 0.268. The Morgan fingerprint density at radius 3 is 3.00 bits per heavy atom. The Balaban J connectivity index is 1.96. The van der Waals surface area contributed by atoms with Gasteiger partial charge in [-0.05, 0) is 25.8 Å². The predicted octanol–water partition coefficient (Wildman–Crippen LogP) is 0.668. The molecule has 0 saturated carbocycles. The van der Waals surface area contributed by atoms with Crippen LogP contribution in [-0.4, -0.2) is 36.0 Å². The van der Waals surface area contributed by atoms with Gasteiger partial charge in [0.2, 0.25) is 0 Å². The zero-order valence-corrected chi connectivity index (χ0v) is 8.25. The van der Waals surface area contributed by atoms with E-state index in [4.69, 9.17) is 4.74 Å². The van der Waals surface area contributed by atoms with Crippen LogP contribution in [0.3, 0.4) is 0 Å². The minimum Gasteiger partial charge on any atom is -0.386 e. The molecule has 0 amide bonds. The molecule has 2 saturated heterocycles. The summed E-state index contributed by atoms with van der Waals surface area (Å²) >= 11 is 0. The maximum absolute atomic E-state index is 10.3. The Hall–Kier alpha value is -0.120. The molecule has 2 N–H and O–H groups in total. The lowest BCUT2D eigenvalue weighted by Gasteiger charge is -2.28. The van der Waals surface area contributed by atoms with E-state index < -0.39 is 5.60 Å².